The molecule has 0 saturated heterocycles. The van der Waals surface area contributed by atoms with E-state index in [1.807, 2.05) is 24.4 Å². The van der Waals surface area contributed by atoms with Crippen LogP contribution < -0.4 is 5.32 Å². The first-order valence-electron chi connectivity index (χ1n) is 7.08. The highest BCUT2D eigenvalue weighted by Gasteiger charge is 2.08. The first kappa shape index (κ1) is 14.1. The molecule has 1 aromatic heterocycles. The molecule has 0 spiro atoms. The maximum absolute atomic E-state index is 4.50. The SMILES string of the molecule is CC(Cc1ccccc1)Nc1nccc2c(Br)cccc12. The van der Waals surface area contributed by atoms with Gasteiger partial charge in [-0.1, -0.05) is 58.4 Å². The number of rotatable bonds is 4. The number of aromatic nitrogens is 1. The van der Waals surface area contributed by atoms with E-state index in [1.165, 1.54) is 10.9 Å². The Bertz CT molecular complexity index is 741. The summed E-state index contributed by atoms with van der Waals surface area (Å²) in [6.07, 6.45) is 2.83. The molecule has 0 bridgehead atoms. The zero-order valence-corrected chi connectivity index (χ0v) is 13.5. The van der Waals surface area contributed by atoms with E-state index in [-0.39, 0.29) is 0 Å². The van der Waals surface area contributed by atoms with Crippen molar-refractivity contribution in [3.8, 4) is 0 Å². The number of nitrogens with zero attached hydrogens (tertiary/aromatic N) is 1. The molecule has 3 heteroatoms. The van der Waals surface area contributed by atoms with E-state index in [4.69, 9.17) is 0 Å². The summed E-state index contributed by atoms with van der Waals surface area (Å²) in [5, 5.41) is 5.86. The van der Waals surface area contributed by atoms with Crippen LogP contribution in [0.5, 0.6) is 0 Å². The Morgan fingerprint density at radius 3 is 2.62 bits per heavy atom. The molecule has 2 nitrogen and oxygen atoms in total. The third kappa shape index (κ3) is 3.24. The fraction of sp³-hybridized carbons (Fsp3) is 0.167. The van der Waals surface area contributed by atoms with Crippen LogP contribution >= 0.6 is 15.9 Å². The van der Waals surface area contributed by atoms with Crippen molar-refractivity contribution in [2.75, 3.05) is 5.32 Å². The van der Waals surface area contributed by atoms with Gasteiger partial charge in [0, 0.05) is 27.5 Å². The summed E-state index contributed by atoms with van der Waals surface area (Å²) in [7, 11) is 0. The fourth-order valence-electron chi connectivity index (χ4n) is 2.54. The molecule has 0 radical (unpaired) electrons. The van der Waals surface area contributed by atoms with Crippen molar-refractivity contribution in [1.29, 1.82) is 0 Å². The van der Waals surface area contributed by atoms with Crippen molar-refractivity contribution in [3.05, 3.63) is 70.8 Å². The average Bonchev–Trinajstić information content (AvgIpc) is 2.49. The van der Waals surface area contributed by atoms with Gasteiger partial charge < -0.3 is 5.32 Å². The number of pyridine rings is 1. The maximum Gasteiger partial charge on any atom is 0.134 e. The van der Waals surface area contributed by atoms with Crippen molar-refractivity contribution in [2.45, 2.75) is 19.4 Å². The largest absolute Gasteiger partial charge is 0.367 e. The lowest BCUT2D eigenvalue weighted by molar-refractivity contribution is 0.786. The summed E-state index contributed by atoms with van der Waals surface area (Å²) < 4.78 is 1.10. The number of nitrogens with one attached hydrogen (secondary N) is 1. The number of fused-ring (bicyclic) bond motifs is 1. The van der Waals surface area contributed by atoms with Crippen LogP contribution in [-0.2, 0) is 6.42 Å². The highest BCUT2D eigenvalue weighted by Crippen LogP contribution is 2.28. The highest BCUT2D eigenvalue weighted by molar-refractivity contribution is 9.10. The van der Waals surface area contributed by atoms with Gasteiger partial charge in [-0.25, -0.2) is 4.98 Å². The van der Waals surface area contributed by atoms with Crippen LogP contribution in [0, 0.1) is 0 Å². The molecule has 0 amide bonds. The molecule has 1 unspecified atom stereocenters. The standard InChI is InChI=1S/C18H17BrN2/c1-13(12-14-6-3-2-4-7-14)21-18-16-8-5-9-17(19)15(16)10-11-20-18/h2-11,13H,12H2,1H3,(H,20,21). The van der Waals surface area contributed by atoms with E-state index in [2.05, 4.69) is 69.6 Å². The molecule has 1 atom stereocenters. The van der Waals surface area contributed by atoms with Crippen LogP contribution in [0.3, 0.4) is 0 Å². The first-order chi connectivity index (χ1) is 10.2. The van der Waals surface area contributed by atoms with E-state index in [0.717, 1.165) is 22.1 Å². The molecule has 21 heavy (non-hydrogen) atoms. The molecule has 0 aliphatic carbocycles. The Hall–Kier alpha value is -1.87. The Labute approximate surface area is 133 Å². The predicted octanol–water partition coefficient (Wildman–Crippen LogP) is 5.04. The fourth-order valence-corrected chi connectivity index (χ4v) is 3.03. The van der Waals surface area contributed by atoms with Gasteiger partial charge in [-0.15, -0.1) is 0 Å². The molecule has 106 valence electrons. The van der Waals surface area contributed by atoms with Gasteiger partial charge in [-0.3, -0.25) is 0 Å². The van der Waals surface area contributed by atoms with Gasteiger partial charge in [0.2, 0.25) is 0 Å². The number of halogens is 1. The van der Waals surface area contributed by atoms with Crippen molar-refractivity contribution >= 4 is 32.5 Å². The van der Waals surface area contributed by atoms with Crippen molar-refractivity contribution < 1.29 is 0 Å². The minimum atomic E-state index is 0.324. The summed E-state index contributed by atoms with van der Waals surface area (Å²) in [4.78, 5) is 4.50. The maximum atomic E-state index is 4.50. The normalized spacial score (nSPS) is 12.3. The topological polar surface area (TPSA) is 24.9 Å². The minimum Gasteiger partial charge on any atom is -0.367 e. The zero-order valence-electron chi connectivity index (χ0n) is 11.9. The third-order valence-electron chi connectivity index (χ3n) is 3.52. The smallest absolute Gasteiger partial charge is 0.134 e. The average molecular weight is 341 g/mol. The quantitative estimate of drug-likeness (QED) is 0.719. The van der Waals surface area contributed by atoms with E-state index in [9.17, 15) is 0 Å². The van der Waals surface area contributed by atoms with Crippen LogP contribution in [0.15, 0.2) is 65.3 Å². The van der Waals surface area contributed by atoms with Gasteiger partial charge in [0.15, 0.2) is 0 Å². The second-order valence-electron chi connectivity index (χ2n) is 5.23. The van der Waals surface area contributed by atoms with Crippen LogP contribution in [0.1, 0.15) is 12.5 Å². The van der Waals surface area contributed by atoms with Crippen LogP contribution in [0.25, 0.3) is 10.8 Å². The van der Waals surface area contributed by atoms with Crippen molar-refractivity contribution in [2.24, 2.45) is 0 Å². The monoisotopic (exact) mass is 340 g/mol. The van der Waals surface area contributed by atoms with Gasteiger partial charge in [0.25, 0.3) is 0 Å². The van der Waals surface area contributed by atoms with E-state index < -0.39 is 0 Å². The Kier molecular flexibility index (Phi) is 4.20. The Morgan fingerprint density at radius 2 is 1.81 bits per heavy atom. The number of hydrogen-bond acceptors (Lipinski definition) is 2. The number of anilines is 1. The Balaban J connectivity index is 1.83. The van der Waals surface area contributed by atoms with Gasteiger partial charge in [-0.2, -0.15) is 0 Å². The van der Waals surface area contributed by atoms with Gasteiger partial charge >= 0.3 is 0 Å². The molecule has 0 aliphatic heterocycles. The van der Waals surface area contributed by atoms with Crippen LogP contribution in [0.4, 0.5) is 5.82 Å². The predicted molar refractivity (Wildman–Crippen MR) is 92.7 cm³/mol. The van der Waals surface area contributed by atoms with Gasteiger partial charge in [0.1, 0.15) is 5.82 Å². The molecule has 0 saturated carbocycles. The Morgan fingerprint density at radius 1 is 1.00 bits per heavy atom. The lowest BCUT2D eigenvalue weighted by Crippen LogP contribution is -2.19. The van der Waals surface area contributed by atoms with Crippen molar-refractivity contribution in [3.63, 3.8) is 0 Å². The summed E-state index contributed by atoms with van der Waals surface area (Å²) in [5.74, 6) is 0.942. The number of hydrogen-bond donors (Lipinski definition) is 1. The molecule has 3 rings (SSSR count). The van der Waals surface area contributed by atoms with Gasteiger partial charge in [0.05, 0.1) is 0 Å². The van der Waals surface area contributed by atoms with Crippen LogP contribution in [-0.4, -0.2) is 11.0 Å². The molecular weight excluding hydrogens is 324 g/mol. The third-order valence-corrected chi connectivity index (χ3v) is 4.21. The summed E-state index contributed by atoms with van der Waals surface area (Å²) in [6, 6.07) is 19.1. The van der Waals surface area contributed by atoms with Crippen LogP contribution in [0.2, 0.25) is 0 Å². The number of benzene rings is 2. The van der Waals surface area contributed by atoms with Crippen molar-refractivity contribution in [1.82, 2.24) is 4.98 Å². The molecule has 3 aromatic rings. The lowest BCUT2D eigenvalue weighted by Gasteiger charge is -2.16. The molecule has 2 aromatic carbocycles. The van der Waals surface area contributed by atoms with Gasteiger partial charge in [-0.05, 0) is 31.0 Å². The summed E-state index contributed by atoms with van der Waals surface area (Å²) >= 11 is 3.60. The van der Waals surface area contributed by atoms with E-state index >= 15 is 0 Å². The highest BCUT2D eigenvalue weighted by atomic mass is 79.9. The molecular formula is C18H17BrN2. The van der Waals surface area contributed by atoms with E-state index in [0.29, 0.717) is 6.04 Å². The molecule has 1 heterocycles. The summed E-state index contributed by atoms with van der Waals surface area (Å²) in [6.45, 7) is 2.19. The molecule has 1 N–H and O–H groups in total. The minimum absolute atomic E-state index is 0.324. The molecule has 0 fully saturated rings. The zero-order chi connectivity index (χ0) is 14.7. The lowest BCUT2D eigenvalue weighted by atomic mass is 10.1. The summed E-state index contributed by atoms with van der Waals surface area (Å²) in [5.41, 5.74) is 1.33. The van der Waals surface area contributed by atoms with E-state index in [1.54, 1.807) is 0 Å². The first-order valence-corrected chi connectivity index (χ1v) is 7.87. The molecule has 0 aliphatic rings. The second kappa shape index (κ2) is 6.27. The second-order valence-corrected chi connectivity index (χ2v) is 6.08.